The molecule has 1 saturated carbocycles. The molecule has 2 fully saturated rings. The fourth-order valence-electron chi connectivity index (χ4n) is 12.3. The van der Waals surface area contributed by atoms with E-state index in [1.807, 2.05) is 0 Å². The summed E-state index contributed by atoms with van der Waals surface area (Å²) in [4.78, 5) is 3.50. The fraction of sp³-hybridized carbons (Fsp3) is 0.229. The first-order valence-corrected chi connectivity index (χ1v) is 21.1. The molecule has 1 saturated heterocycles. The molecule has 0 amide bonds. The Bertz CT molecular complexity index is 2930. The first kappa shape index (κ1) is 26.7. The van der Waals surface area contributed by atoms with Crippen molar-refractivity contribution in [2.24, 2.45) is 11.8 Å². The molecule has 0 N–H and O–H groups in total. The van der Waals surface area contributed by atoms with E-state index in [4.69, 9.17) is 0 Å². The zero-order valence-corrected chi connectivity index (χ0v) is 29.2. The Morgan fingerprint density at radius 2 is 1.82 bits per heavy atom. The molecule has 0 radical (unpaired) electrons. The summed E-state index contributed by atoms with van der Waals surface area (Å²) >= 11 is 0. The third kappa shape index (κ3) is 2.87. The highest BCUT2D eigenvalue weighted by atomic mass is 32.3. The second-order valence-electron chi connectivity index (χ2n) is 16.2. The van der Waals surface area contributed by atoms with E-state index in [-0.39, 0.29) is 5.54 Å². The number of rotatable bonds is 0. The number of hydrogen-bond acceptors (Lipinski definition) is 0. The van der Waals surface area contributed by atoms with Crippen LogP contribution in [0.4, 0.5) is 0 Å². The van der Waals surface area contributed by atoms with Crippen molar-refractivity contribution in [3.8, 4) is 11.3 Å². The molecule has 3 aromatic heterocycles. The number of allylic oxidation sites excluding steroid dienone is 8. The standard InChI is InChI=1S/C48H35N2S/c1-2-12-29-28(11-1)20-21-37-46(31-14-4-3-13-30(29)31)48(37)38-27-41-34(25-36(38)39-17-9-10-22-49(39)48)35-26-43-44(33-16-6-8-19-42(33)51(43)23-24-51)45-32-15-5-7-18-40(32)50(41)47(35)45/h1-3,5-7,9-10,12-13,15-18,22,25-28,37,46H,8,11,19-21,23-24H2/q+1. The monoisotopic (exact) mass is 671 g/mol. The van der Waals surface area contributed by atoms with Crippen molar-refractivity contribution in [3.05, 3.63) is 149 Å². The molecular formula is C48H35N2S+. The lowest BCUT2D eigenvalue weighted by Gasteiger charge is -2.24. The van der Waals surface area contributed by atoms with Gasteiger partial charge in [0.05, 0.1) is 28.0 Å². The minimum Gasteiger partial charge on any atom is -0.308 e. The van der Waals surface area contributed by atoms with Crippen molar-refractivity contribution in [1.82, 2.24) is 4.40 Å². The van der Waals surface area contributed by atoms with Crippen LogP contribution in [0.1, 0.15) is 60.3 Å². The van der Waals surface area contributed by atoms with E-state index in [9.17, 15) is 0 Å². The summed E-state index contributed by atoms with van der Waals surface area (Å²) in [5.74, 6) is 4.24. The lowest BCUT2D eigenvalue weighted by Crippen LogP contribution is -2.47. The number of para-hydroxylation sites is 1. The van der Waals surface area contributed by atoms with Gasteiger partial charge in [0.15, 0.2) is 6.20 Å². The van der Waals surface area contributed by atoms with Gasteiger partial charge in [-0.3, -0.25) is 0 Å². The molecule has 2 nitrogen and oxygen atoms in total. The van der Waals surface area contributed by atoms with Gasteiger partial charge in [0.2, 0.25) is 11.2 Å². The Morgan fingerprint density at radius 1 is 0.882 bits per heavy atom. The Hall–Kier alpha value is -5.04. The summed E-state index contributed by atoms with van der Waals surface area (Å²) in [7, 11) is -0.834. The van der Waals surface area contributed by atoms with Gasteiger partial charge >= 0.3 is 0 Å². The van der Waals surface area contributed by atoms with Crippen LogP contribution in [0, 0.1) is 24.0 Å². The summed E-state index contributed by atoms with van der Waals surface area (Å²) in [5, 5.41) is 5.81. The zero-order chi connectivity index (χ0) is 32.8. The highest BCUT2D eigenvalue weighted by molar-refractivity contribution is 8.42. The molecular weight excluding hydrogens is 637 g/mol. The lowest BCUT2D eigenvalue weighted by molar-refractivity contribution is -0.718. The molecule has 6 heterocycles. The SMILES string of the molecule is c1ccc2c(c#1)C1C(CCC3CC=CC=C23)C12c1cc3c(cc1-c1cccc[n+]12)c1cc2c(c4c5ccccc5n3c14)C1=C(CCC=C1)S21CC1. The van der Waals surface area contributed by atoms with E-state index in [0.717, 1.165) is 6.42 Å². The van der Waals surface area contributed by atoms with E-state index in [1.54, 1.807) is 20.9 Å². The highest BCUT2D eigenvalue weighted by Gasteiger charge is 2.78. The fourth-order valence-corrected chi connectivity index (χ4v) is 16.2. The molecule has 4 aliphatic carbocycles. The molecule has 7 aliphatic rings. The van der Waals surface area contributed by atoms with E-state index in [0.29, 0.717) is 17.8 Å². The quantitative estimate of drug-likeness (QED) is 0.112. The van der Waals surface area contributed by atoms with Crippen LogP contribution < -0.4 is 4.57 Å². The number of fused-ring (bicyclic) bond motifs is 23. The third-order valence-electron chi connectivity index (χ3n) is 14.3. The van der Waals surface area contributed by atoms with Crippen LogP contribution in [0.5, 0.6) is 0 Å². The van der Waals surface area contributed by atoms with Gasteiger partial charge in [-0.2, -0.15) is 14.6 Å². The van der Waals surface area contributed by atoms with Crippen LogP contribution in [0.25, 0.3) is 60.5 Å². The number of nitrogens with zero attached hydrogens (tertiary/aromatic N) is 2. The minimum atomic E-state index is -0.834. The van der Waals surface area contributed by atoms with Crippen molar-refractivity contribution in [3.63, 3.8) is 0 Å². The van der Waals surface area contributed by atoms with Crippen molar-refractivity contribution in [1.29, 1.82) is 0 Å². The van der Waals surface area contributed by atoms with Gasteiger partial charge in [-0.25, -0.2) is 0 Å². The van der Waals surface area contributed by atoms with Gasteiger partial charge in [-0.05, 0) is 114 Å². The van der Waals surface area contributed by atoms with E-state index in [1.165, 1.54) is 109 Å². The predicted octanol–water partition coefficient (Wildman–Crippen LogP) is 10.9. The maximum atomic E-state index is 3.74. The summed E-state index contributed by atoms with van der Waals surface area (Å²) < 4.78 is 5.36. The number of hydrogen-bond donors (Lipinski definition) is 0. The van der Waals surface area contributed by atoms with Gasteiger partial charge in [0.1, 0.15) is 0 Å². The summed E-state index contributed by atoms with van der Waals surface area (Å²) in [6, 6.07) is 35.7. The van der Waals surface area contributed by atoms with Gasteiger partial charge in [-0.15, -0.1) is 0 Å². The molecule has 4 atom stereocenters. The van der Waals surface area contributed by atoms with Gasteiger partial charge in [0.25, 0.3) is 0 Å². The predicted molar refractivity (Wildman–Crippen MR) is 209 cm³/mol. The molecule has 2 spiro atoms. The van der Waals surface area contributed by atoms with Crippen molar-refractivity contribution < 1.29 is 4.57 Å². The zero-order valence-electron chi connectivity index (χ0n) is 28.4. The molecule has 3 aliphatic heterocycles. The van der Waals surface area contributed by atoms with E-state index >= 15 is 0 Å². The normalized spacial score (nSPS) is 27.5. The second-order valence-corrected chi connectivity index (χ2v) is 19.7. The van der Waals surface area contributed by atoms with Crippen molar-refractivity contribution >= 4 is 59.3 Å². The van der Waals surface area contributed by atoms with Crippen molar-refractivity contribution in [2.75, 3.05) is 11.5 Å². The summed E-state index contributed by atoms with van der Waals surface area (Å²) in [6.45, 7) is 0. The molecule has 0 bridgehead atoms. The number of aromatic nitrogens is 2. The second kappa shape index (κ2) is 8.70. The smallest absolute Gasteiger partial charge is 0.213 e. The largest absolute Gasteiger partial charge is 0.308 e. The Kier molecular flexibility index (Phi) is 4.56. The van der Waals surface area contributed by atoms with Crippen LogP contribution in [-0.2, 0) is 5.54 Å². The molecule has 4 aromatic carbocycles. The maximum Gasteiger partial charge on any atom is 0.213 e. The van der Waals surface area contributed by atoms with Crippen LogP contribution in [0.2, 0.25) is 0 Å². The van der Waals surface area contributed by atoms with Crippen LogP contribution >= 0.6 is 10.0 Å². The van der Waals surface area contributed by atoms with Crippen LogP contribution in [0.15, 0.2) is 119 Å². The molecule has 7 aromatic rings. The number of benzene rings is 3. The van der Waals surface area contributed by atoms with Gasteiger partial charge in [-0.1, -0.05) is 60.7 Å². The highest BCUT2D eigenvalue weighted by Crippen LogP contribution is 2.81. The average molecular weight is 672 g/mol. The minimum absolute atomic E-state index is 0.115. The van der Waals surface area contributed by atoms with E-state index < -0.39 is 10.0 Å². The van der Waals surface area contributed by atoms with Crippen molar-refractivity contribution in [2.45, 2.75) is 48.5 Å². The number of pyridine rings is 1. The Labute approximate surface area is 298 Å². The van der Waals surface area contributed by atoms with E-state index in [2.05, 4.69) is 130 Å². The Balaban J connectivity index is 1.10. The molecule has 4 unspecified atom stereocenters. The molecule has 51 heavy (non-hydrogen) atoms. The van der Waals surface area contributed by atoms with Crippen LogP contribution in [-0.4, -0.2) is 15.9 Å². The lowest BCUT2D eigenvalue weighted by atomic mass is 9.79. The first-order chi connectivity index (χ1) is 25.3. The molecule has 14 rings (SSSR count). The maximum absolute atomic E-state index is 3.74. The first-order valence-electron chi connectivity index (χ1n) is 19.1. The average Bonchev–Trinajstić information content (AvgIpc) is 3.97. The summed E-state index contributed by atoms with van der Waals surface area (Å²) in [6.07, 6.45) is 20.4. The molecule has 3 heteroatoms. The topological polar surface area (TPSA) is 8.29 Å². The summed E-state index contributed by atoms with van der Waals surface area (Å²) in [5.41, 5.74) is 15.8. The van der Waals surface area contributed by atoms with Crippen LogP contribution in [0.3, 0.4) is 0 Å². The van der Waals surface area contributed by atoms with Gasteiger partial charge in [0, 0.05) is 61.2 Å². The van der Waals surface area contributed by atoms with Gasteiger partial charge < -0.3 is 4.40 Å². The third-order valence-corrected chi connectivity index (χ3v) is 18.1. The Morgan fingerprint density at radius 3 is 2.78 bits per heavy atom. The molecule has 242 valence electrons.